The predicted molar refractivity (Wildman–Crippen MR) is 133 cm³/mol. The van der Waals surface area contributed by atoms with Crippen molar-refractivity contribution in [2.75, 3.05) is 18.6 Å². The van der Waals surface area contributed by atoms with Gasteiger partial charge in [-0.3, -0.25) is 4.79 Å². The number of nitrogens with one attached hydrogen (secondary N) is 1. The minimum absolute atomic E-state index is 0.0803. The van der Waals surface area contributed by atoms with Crippen LogP contribution in [-0.2, 0) is 0 Å². The van der Waals surface area contributed by atoms with Gasteiger partial charge in [0.2, 0.25) is 0 Å². The molecular formula is C24H27BrClN3O2. The topological polar surface area (TPSA) is 53.9 Å². The van der Waals surface area contributed by atoms with E-state index in [1.165, 1.54) is 12.7 Å². The maximum Gasteiger partial charge on any atom is 0.275 e. The van der Waals surface area contributed by atoms with Crippen molar-refractivity contribution in [2.45, 2.75) is 39.7 Å². The highest BCUT2D eigenvalue weighted by molar-refractivity contribution is 9.10. The van der Waals surface area contributed by atoms with Gasteiger partial charge in [0.15, 0.2) is 0 Å². The summed E-state index contributed by atoms with van der Waals surface area (Å²) in [5, 5.41) is 4.72. The van der Waals surface area contributed by atoms with Crippen molar-refractivity contribution in [2.24, 2.45) is 5.10 Å². The van der Waals surface area contributed by atoms with Crippen molar-refractivity contribution in [3.63, 3.8) is 0 Å². The number of fused-ring (bicyclic) bond motifs is 1. The molecule has 0 aromatic heterocycles. The quantitative estimate of drug-likeness (QED) is 0.372. The molecule has 5 nitrogen and oxygen atoms in total. The van der Waals surface area contributed by atoms with Gasteiger partial charge in [0, 0.05) is 27.8 Å². The number of nitrogens with zero attached hydrogens (tertiary/aromatic N) is 2. The molecule has 0 saturated heterocycles. The Morgan fingerprint density at radius 2 is 2.06 bits per heavy atom. The van der Waals surface area contributed by atoms with Crippen LogP contribution in [0.25, 0.3) is 5.57 Å². The van der Waals surface area contributed by atoms with Gasteiger partial charge in [-0.05, 0) is 63.1 Å². The summed E-state index contributed by atoms with van der Waals surface area (Å²) in [5.74, 6) is 0.109. The van der Waals surface area contributed by atoms with E-state index in [-0.39, 0.29) is 11.4 Å². The standard InChI is InChI=1S/C24H27BrClN3O2/c1-6-9-29-21-12-20(26)16(10-18(21)15(2)13-24(29,3)4)14-27-28-23(30)19-11-17(25)7-8-22(19)31-5/h7-8,10-14H,6,9H2,1-5H3,(H,28,30)/b27-14-. The molecule has 0 fully saturated rings. The molecule has 1 aliphatic heterocycles. The first-order valence-electron chi connectivity index (χ1n) is 10.2. The summed E-state index contributed by atoms with van der Waals surface area (Å²) >= 11 is 9.96. The summed E-state index contributed by atoms with van der Waals surface area (Å²) in [6.45, 7) is 9.65. The second-order valence-electron chi connectivity index (χ2n) is 8.07. The predicted octanol–water partition coefficient (Wildman–Crippen LogP) is 6.29. The van der Waals surface area contributed by atoms with E-state index in [0.717, 1.165) is 34.3 Å². The third-order valence-electron chi connectivity index (χ3n) is 5.32. The molecule has 1 aliphatic rings. The van der Waals surface area contributed by atoms with Gasteiger partial charge in [-0.1, -0.05) is 40.5 Å². The maximum absolute atomic E-state index is 12.5. The second kappa shape index (κ2) is 9.45. The number of hydrogen-bond donors (Lipinski definition) is 1. The molecule has 1 amide bonds. The lowest BCUT2D eigenvalue weighted by Crippen LogP contribution is -2.45. The van der Waals surface area contributed by atoms with Crippen LogP contribution in [0.4, 0.5) is 5.69 Å². The van der Waals surface area contributed by atoms with Crippen LogP contribution in [-0.4, -0.2) is 31.3 Å². The number of hydrazone groups is 1. The van der Waals surface area contributed by atoms with Crippen LogP contribution in [0.1, 0.15) is 55.6 Å². The van der Waals surface area contributed by atoms with Gasteiger partial charge in [-0.25, -0.2) is 5.43 Å². The number of amides is 1. The first kappa shape index (κ1) is 23.4. The van der Waals surface area contributed by atoms with E-state index in [0.29, 0.717) is 16.3 Å². The molecule has 31 heavy (non-hydrogen) atoms. The van der Waals surface area contributed by atoms with E-state index in [1.54, 1.807) is 18.3 Å². The third kappa shape index (κ3) is 4.96. The first-order valence-corrected chi connectivity index (χ1v) is 11.3. The Labute approximate surface area is 197 Å². The Morgan fingerprint density at radius 3 is 2.74 bits per heavy atom. The molecule has 164 valence electrons. The molecule has 0 saturated carbocycles. The zero-order chi connectivity index (χ0) is 22.8. The number of halogens is 2. The molecule has 0 spiro atoms. The van der Waals surface area contributed by atoms with E-state index in [9.17, 15) is 4.79 Å². The highest BCUT2D eigenvalue weighted by atomic mass is 79.9. The number of anilines is 1. The number of methoxy groups -OCH3 is 1. The average molecular weight is 505 g/mol. The molecule has 0 aliphatic carbocycles. The number of allylic oxidation sites excluding steroid dienone is 1. The molecule has 1 N–H and O–H groups in total. The number of hydrogen-bond acceptors (Lipinski definition) is 4. The fourth-order valence-corrected chi connectivity index (χ4v) is 4.49. The fourth-order valence-electron chi connectivity index (χ4n) is 3.92. The highest BCUT2D eigenvalue weighted by Crippen LogP contribution is 2.41. The Balaban J connectivity index is 1.87. The van der Waals surface area contributed by atoms with Crippen LogP contribution < -0.4 is 15.1 Å². The van der Waals surface area contributed by atoms with Gasteiger partial charge >= 0.3 is 0 Å². The number of carbonyl (C=O) groups is 1. The van der Waals surface area contributed by atoms with E-state index in [1.807, 2.05) is 18.2 Å². The number of ether oxygens (including phenoxy) is 1. The molecule has 0 bridgehead atoms. The van der Waals surface area contributed by atoms with Crippen LogP contribution >= 0.6 is 27.5 Å². The van der Waals surface area contributed by atoms with Crippen LogP contribution in [0, 0.1) is 0 Å². The monoisotopic (exact) mass is 503 g/mol. The largest absolute Gasteiger partial charge is 0.496 e. The number of benzene rings is 2. The zero-order valence-corrected chi connectivity index (χ0v) is 20.8. The van der Waals surface area contributed by atoms with Crippen molar-refractivity contribution < 1.29 is 9.53 Å². The van der Waals surface area contributed by atoms with Gasteiger partial charge in [0.25, 0.3) is 5.91 Å². The van der Waals surface area contributed by atoms with Gasteiger partial charge in [0.05, 0.1) is 29.4 Å². The Bertz CT molecular complexity index is 1060. The number of rotatable bonds is 6. The van der Waals surface area contributed by atoms with E-state index < -0.39 is 0 Å². The summed E-state index contributed by atoms with van der Waals surface area (Å²) in [7, 11) is 1.52. The van der Waals surface area contributed by atoms with Crippen LogP contribution in [0.2, 0.25) is 5.02 Å². The smallest absolute Gasteiger partial charge is 0.275 e. The summed E-state index contributed by atoms with van der Waals surface area (Å²) < 4.78 is 6.04. The lowest BCUT2D eigenvalue weighted by Gasteiger charge is -2.43. The summed E-state index contributed by atoms with van der Waals surface area (Å²) in [6.07, 6.45) is 4.89. The molecule has 0 unspecified atom stereocenters. The van der Waals surface area contributed by atoms with E-state index >= 15 is 0 Å². The van der Waals surface area contributed by atoms with Gasteiger partial charge in [0.1, 0.15) is 5.75 Å². The normalized spacial score (nSPS) is 14.9. The number of carbonyl (C=O) groups excluding carboxylic acids is 1. The average Bonchev–Trinajstić information content (AvgIpc) is 2.71. The van der Waals surface area contributed by atoms with E-state index in [2.05, 4.69) is 65.1 Å². The van der Waals surface area contributed by atoms with Crippen molar-refractivity contribution in [3.05, 3.63) is 62.6 Å². The first-order chi connectivity index (χ1) is 14.7. The van der Waals surface area contributed by atoms with Crippen molar-refractivity contribution in [1.29, 1.82) is 0 Å². The zero-order valence-electron chi connectivity index (χ0n) is 18.4. The van der Waals surface area contributed by atoms with Crippen LogP contribution in [0.3, 0.4) is 0 Å². The minimum Gasteiger partial charge on any atom is -0.496 e. The van der Waals surface area contributed by atoms with Crippen molar-refractivity contribution in [3.8, 4) is 5.75 Å². The van der Waals surface area contributed by atoms with Crippen molar-refractivity contribution >= 4 is 50.9 Å². The molecule has 0 atom stereocenters. The molecular weight excluding hydrogens is 478 g/mol. The van der Waals surface area contributed by atoms with Gasteiger partial charge in [-0.15, -0.1) is 0 Å². The molecule has 2 aromatic rings. The lowest BCUT2D eigenvalue weighted by atomic mass is 9.88. The molecule has 7 heteroatoms. The Kier molecular flexibility index (Phi) is 7.12. The summed E-state index contributed by atoms with van der Waals surface area (Å²) in [5.41, 5.74) is 7.05. The minimum atomic E-state index is -0.365. The van der Waals surface area contributed by atoms with Gasteiger partial charge in [-0.2, -0.15) is 5.10 Å². The summed E-state index contributed by atoms with van der Waals surface area (Å²) in [4.78, 5) is 14.9. The molecule has 1 heterocycles. The Morgan fingerprint density at radius 1 is 1.32 bits per heavy atom. The van der Waals surface area contributed by atoms with E-state index in [4.69, 9.17) is 16.3 Å². The SMILES string of the molecule is CCCN1c2cc(Cl)c(/C=N\NC(=O)c3cc(Br)ccc3OC)cc2C(C)=CC1(C)C. The molecule has 0 radical (unpaired) electrons. The van der Waals surface area contributed by atoms with Crippen LogP contribution in [0.5, 0.6) is 5.75 Å². The maximum atomic E-state index is 12.5. The fraction of sp³-hybridized carbons (Fsp3) is 0.333. The third-order valence-corrected chi connectivity index (χ3v) is 6.14. The highest BCUT2D eigenvalue weighted by Gasteiger charge is 2.31. The Hall–Kier alpha value is -2.31. The molecule has 3 rings (SSSR count). The van der Waals surface area contributed by atoms with Gasteiger partial charge < -0.3 is 9.64 Å². The summed E-state index contributed by atoms with van der Waals surface area (Å²) in [6, 6.07) is 9.24. The molecule has 2 aromatic carbocycles. The second-order valence-corrected chi connectivity index (χ2v) is 9.39. The van der Waals surface area contributed by atoms with Crippen LogP contribution in [0.15, 0.2) is 46.0 Å². The lowest BCUT2D eigenvalue weighted by molar-refractivity contribution is 0.0952. The van der Waals surface area contributed by atoms with Crippen molar-refractivity contribution in [1.82, 2.24) is 5.43 Å².